The van der Waals surface area contributed by atoms with E-state index < -0.39 is 0 Å². The topological polar surface area (TPSA) is 43.9 Å². The minimum atomic E-state index is -0.261. The summed E-state index contributed by atoms with van der Waals surface area (Å²) in [5.41, 5.74) is 1.91. The summed E-state index contributed by atoms with van der Waals surface area (Å²) in [5, 5.41) is 0. The number of piperazine rings is 1. The predicted molar refractivity (Wildman–Crippen MR) is 86.8 cm³/mol. The second-order valence-electron chi connectivity index (χ2n) is 6.03. The predicted octanol–water partition coefficient (Wildman–Crippen LogP) is 1.09. The van der Waals surface area contributed by atoms with Gasteiger partial charge < -0.3 is 9.80 Å². The van der Waals surface area contributed by atoms with Crippen LogP contribution in [0.2, 0.25) is 0 Å². The molecule has 1 aliphatic rings. The average molecular weight is 303 g/mol. The van der Waals surface area contributed by atoms with Gasteiger partial charge in [-0.1, -0.05) is 19.1 Å². The Morgan fingerprint density at radius 3 is 2.36 bits per heavy atom. The number of carbonyl (C=O) groups is 2. The zero-order valence-electron chi connectivity index (χ0n) is 13.9. The molecular formula is C17H25N3O2. The Balaban J connectivity index is 2.11. The van der Waals surface area contributed by atoms with Crippen LogP contribution < -0.4 is 0 Å². The van der Waals surface area contributed by atoms with E-state index in [9.17, 15) is 9.59 Å². The van der Waals surface area contributed by atoms with Crippen LogP contribution in [0.3, 0.4) is 0 Å². The Kier molecular flexibility index (Phi) is 5.19. The van der Waals surface area contributed by atoms with Gasteiger partial charge in [0.15, 0.2) is 0 Å². The zero-order valence-corrected chi connectivity index (χ0v) is 13.9. The van der Waals surface area contributed by atoms with Gasteiger partial charge in [-0.2, -0.15) is 0 Å². The van der Waals surface area contributed by atoms with Gasteiger partial charge in [-0.25, -0.2) is 0 Å². The van der Waals surface area contributed by atoms with Crippen LogP contribution in [0.5, 0.6) is 0 Å². The fourth-order valence-corrected chi connectivity index (χ4v) is 2.69. The molecule has 1 aromatic rings. The van der Waals surface area contributed by atoms with Crippen LogP contribution in [0.15, 0.2) is 24.3 Å². The van der Waals surface area contributed by atoms with Gasteiger partial charge in [0.2, 0.25) is 5.91 Å². The van der Waals surface area contributed by atoms with E-state index in [1.54, 1.807) is 23.9 Å². The maximum atomic E-state index is 12.6. The lowest BCUT2D eigenvalue weighted by molar-refractivity contribution is -0.135. The monoisotopic (exact) mass is 303 g/mol. The molecule has 1 atom stereocenters. The number of hydrogen-bond donors (Lipinski definition) is 0. The SMILES string of the molecule is CCc1ccc(C(=O)N2CCN(C)C(C(=O)N(C)C)C2)cc1. The highest BCUT2D eigenvalue weighted by atomic mass is 16.2. The Morgan fingerprint density at radius 1 is 1.18 bits per heavy atom. The molecule has 1 heterocycles. The molecule has 0 saturated carbocycles. The minimum absolute atomic E-state index is 0.00677. The normalized spacial score (nSPS) is 19.1. The average Bonchev–Trinajstić information content (AvgIpc) is 2.54. The first-order valence-electron chi connectivity index (χ1n) is 7.73. The van der Waals surface area contributed by atoms with Crippen molar-refractivity contribution >= 4 is 11.8 Å². The van der Waals surface area contributed by atoms with Crippen LogP contribution in [-0.2, 0) is 11.2 Å². The molecule has 1 saturated heterocycles. The summed E-state index contributed by atoms with van der Waals surface area (Å²) in [6, 6.07) is 7.48. The van der Waals surface area contributed by atoms with Crippen molar-refractivity contribution in [3.05, 3.63) is 35.4 Å². The Labute approximate surface area is 132 Å². The molecule has 0 aliphatic carbocycles. The van der Waals surface area contributed by atoms with E-state index in [0.29, 0.717) is 25.2 Å². The second-order valence-corrected chi connectivity index (χ2v) is 6.03. The molecule has 0 bridgehead atoms. The van der Waals surface area contributed by atoms with Crippen molar-refractivity contribution in [3.8, 4) is 0 Å². The number of carbonyl (C=O) groups excluding carboxylic acids is 2. The van der Waals surface area contributed by atoms with Crippen LogP contribution in [0.1, 0.15) is 22.8 Å². The highest BCUT2D eigenvalue weighted by Crippen LogP contribution is 2.14. The molecule has 1 fully saturated rings. The molecule has 0 radical (unpaired) electrons. The molecule has 0 N–H and O–H groups in total. The first kappa shape index (κ1) is 16.5. The molecular weight excluding hydrogens is 278 g/mol. The second kappa shape index (κ2) is 6.92. The van der Waals surface area contributed by atoms with E-state index in [1.165, 1.54) is 5.56 Å². The van der Waals surface area contributed by atoms with Crippen LogP contribution >= 0.6 is 0 Å². The summed E-state index contributed by atoms with van der Waals surface area (Å²) >= 11 is 0. The van der Waals surface area contributed by atoms with Crippen molar-refractivity contribution in [1.29, 1.82) is 0 Å². The number of hydrogen-bond acceptors (Lipinski definition) is 3. The number of aryl methyl sites for hydroxylation is 1. The van der Waals surface area contributed by atoms with Crippen molar-refractivity contribution in [2.75, 3.05) is 40.8 Å². The Hall–Kier alpha value is -1.88. The van der Waals surface area contributed by atoms with Crippen molar-refractivity contribution in [1.82, 2.24) is 14.7 Å². The highest BCUT2D eigenvalue weighted by Gasteiger charge is 2.33. The third kappa shape index (κ3) is 3.47. The first-order chi connectivity index (χ1) is 10.4. The van der Waals surface area contributed by atoms with Gasteiger partial charge in [0.1, 0.15) is 6.04 Å². The quantitative estimate of drug-likeness (QED) is 0.840. The lowest BCUT2D eigenvalue weighted by Crippen LogP contribution is -2.58. The third-order valence-corrected chi connectivity index (χ3v) is 4.27. The highest BCUT2D eigenvalue weighted by molar-refractivity contribution is 5.95. The molecule has 2 rings (SSSR count). The Bertz CT molecular complexity index is 539. The minimum Gasteiger partial charge on any atom is -0.347 e. The molecule has 120 valence electrons. The van der Waals surface area contributed by atoms with E-state index >= 15 is 0 Å². The van der Waals surface area contributed by atoms with Gasteiger partial charge in [0, 0.05) is 39.3 Å². The van der Waals surface area contributed by atoms with E-state index in [4.69, 9.17) is 0 Å². The largest absolute Gasteiger partial charge is 0.347 e. The van der Waals surface area contributed by atoms with Gasteiger partial charge in [-0.3, -0.25) is 14.5 Å². The molecule has 1 unspecified atom stereocenters. The zero-order chi connectivity index (χ0) is 16.3. The van der Waals surface area contributed by atoms with Crippen molar-refractivity contribution in [2.45, 2.75) is 19.4 Å². The summed E-state index contributed by atoms with van der Waals surface area (Å²) in [4.78, 5) is 30.3. The van der Waals surface area contributed by atoms with Crippen LogP contribution in [-0.4, -0.2) is 73.3 Å². The summed E-state index contributed by atoms with van der Waals surface area (Å²) in [6.45, 7) is 3.90. The Morgan fingerprint density at radius 2 is 1.82 bits per heavy atom. The van der Waals surface area contributed by atoms with Crippen molar-refractivity contribution < 1.29 is 9.59 Å². The number of nitrogens with zero attached hydrogens (tertiary/aromatic N) is 3. The summed E-state index contributed by atoms with van der Waals surface area (Å²) in [5.74, 6) is 0.0497. The maximum absolute atomic E-state index is 12.6. The number of amides is 2. The van der Waals surface area contributed by atoms with E-state index in [-0.39, 0.29) is 17.9 Å². The molecule has 22 heavy (non-hydrogen) atoms. The number of rotatable bonds is 3. The van der Waals surface area contributed by atoms with Gasteiger partial charge in [-0.05, 0) is 31.2 Å². The molecule has 0 spiro atoms. The number of likely N-dealkylation sites (N-methyl/N-ethyl adjacent to an activating group) is 2. The smallest absolute Gasteiger partial charge is 0.253 e. The lowest BCUT2D eigenvalue weighted by atomic mass is 10.1. The van der Waals surface area contributed by atoms with E-state index in [1.807, 2.05) is 36.2 Å². The van der Waals surface area contributed by atoms with Crippen LogP contribution in [0.25, 0.3) is 0 Å². The molecule has 1 aromatic carbocycles. The van der Waals surface area contributed by atoms with Gasteiger partial charge in [0.25, 0.3) is 5.91 Å². The van der Waals surface area contributed by atoms with Gasteiger partial charge in [-0.15, -0.1) is 0 Å². The fraction of sp³-hybridized carbons (Fsp3) is 0.529. The molecule has 0 aromatic heterocycles. The third-order valence-electron chi connectivity index (χ3n) is 4.27. The van der Waals surface area contributed by atoms with Gasteiger partial charge in [0.05, 0.1) is 0 Å². The lowest BCUT2D eigenvalue weighted by Gasteiger charge is -2.39. The summed E-state index contributed by atoms with van der Waals surface area (Å²) in [6.07, 6.45) is 0.961. The van der Waals surface area contributed by atoms with Crippen LogP contribution in [0.4, 0.5) is 0 Å². The molecule has 2 amide bonds. The standard InChI is InChI=1S/C17H25N3O2/c1-5-13-6-8-14(9-7-13)16(21)20-11-10-19(4)15(12-20)17(22)18(2)3/h6-9,15H,5,10-12H2,1-4H3. The summed E-state index contributed by atoms with van der Waals surface area (Å²) < 4.78 is 0. The van der Waals surface area contributed by atoms with Gasteiger partial charge >= 0.3 is 0 Å². The molecule has 5 heteroatoms. The van der Waals surface area contributed by atoms with E-state index in [0.717, 1.165) is 6.42 Å². The fourth-order valence-electron chi connectivity index (χ4n) is 2.69. The number of benzene rings is 1. The maximum Gasteiger partial charge on any atom is 0.253 e. The van der Waals surface area contributed by atoms with Crippen molar-refractivity contribution in [2.24, 2.45) is 0 Å². The molecule has 1 aliphatic heterocycles. The molecule has 5 nitrogen and oxygen atoms in total. The summed E-state index contributed by atoms with van der Waals surface area (Å²) in [7, 11) is 5.44. The van der Waals surface area contributed by atoms with Crippen LogP contribution in [0, 0.1) is 0 Å². The first-order valence-corrected chi connectivity index (χ1v) is 7.73. The van der Waals surface area contributed by atoms with E-state index in [2.05, 4.69) is 6.92 Å². The van der Waals surface area contributed by atoms with Crippen molar-refractivity contribution in [3.63, 3.8) is 0 Å².